The van der Waals surface area contributed by atoms with E-state index in [0.717, 1.165) is 25.9 Å². The maximum atomic E-state index is 8.78. The SMILES string of the molecule is CC(C)(C)c1cc(CNCCCCCCCO)cc(C(C)(C)C)c1. The molecule has 0 amide bonds. The smallest absolute Gasteiger partial charge is 0.0431 e. The van der Waals surface area contributed by atoms with Crippen LogP contribution in [0.5, 0.6) is 0 Å². The normalized spacial score (nSPS) is 12.6. The van der Waals surface area contributed by atoms with Crippen molar-refractivity contribution in [3.63, 3.8) is 0 Å². The van der Waals surface area contributed by atoms with E-state index >= 15 is 0 Å². The highest BCUT2D eigenvalue weighted by Crippen LogP contribution is 2.30. The first-order valence-electron chi connectivity index (χ1n) is 9.61. The molecule has 0 aliphatic rings. The average molecular weight is 334 g/mol. The Kier molecular flexibility index (Phi) is 8.45. The first kappa shape index (κ1) is 21.2. The van der Waals surface area contributed by atoms with Gasteiger partial charge in [-0.15, -0.1) is 0 Å². The van der Waals surface area contributed by atoms with Gasteiger partial charge in [-0.3, -0.25) is 0 Å². The Morgan fingerprint density at radius 1 is 0.750 bits per heavy atom. The second-order valence-corrected chi connectivity index (χ2v) is 9.09. The summed E-state index contributed by atoms with van der Waals surface area (Å²) >= 11 is 0. The van der Waals surface area contributed by atoms with Crippen LogP contribution in [-0.2, 0) is 17.4 Å². The summed E-state index contributed by atoms with van der Waals surface area (Å²) in [5.74, 6) is 0. The highest BCUT2D eigenvalue weighted by atomic mass is 16.2. The highest BCUT2D eigenvalue weighted by molar-refractivity contribution is 5.37. The Morgan fingerprint density at radius 2 is 1.25 bits per heavy atom. The van der Waals surface area contributed by atoms with Crippen LogP contribution in [0.15, 0.2) is 18.2 Å². The number of unbranched alkanes of at least 4 members (excludes halogenated alkanes) is 4. The lowest BCUT2D eigenvalue weighted by Gasteiger charge is -2.26. The zero-order valence-corrected chi connectivity index (χ0v) is 16.8. The van der Waals surface area contributed by atoms with Crippen molar-refractivity contribution in [2.75, 3.05) is 13.2 Å². The summed E-state index contributed by atoms with van der Waals surface area (Å²) in [6, 6.07) is 7.11. The highest BCUT2D eigenvalue weighted by Gasteiger charge is 2.20. The van der Waals surface area contributed by atoms with Crippen molar-refractivity contribution in [1.29, 1.82) is 0 Å². The summed E-state index contributed by atoms with van der Waals surface area (Å²) in [4.78, 5) is 0. The van der Waals surface area contributed by atoms with Crippen LogP contribution in [-0.4, -0.2) is 18.3 Å². The van der Waals surface area contributed by atoms with Gasteiger partial charge >= 0.3 is 0 Å². The van der Waals surface area contributed by atoms with E-state index in [4.69, 9.17) is 5.11 Å². The summed E-state index contributed by atoms with van der Waals surface area (Å²) in [6.45, 7) is 16.1. The molecule has 0 aliphatic heterocycles. The summed E-state index contributed by atoms with van der Waals surface area (Å²) in [7, 11) is 0. The molecule has 2 N–H and O–H groups in total. The molecule has 1 aromatic carbocycles. The molecule has 0 heterocycles. The molecule has 0 saturated heterocycles. The second kappa shape index (κ2) is 9.58. The van der Waals surface area contributed by atoms with Gasteiger partial charge in [-0.25, -0.2) is 0 Å². The van der Waals surface area contributed by atoms with Crippen LogP contribution < -0.4 is 5.32 Å². The largest absolute Gasteiger partial charge is 0.396 e. The van der Waals surface area contributed by atoms with Crippen molar-refractivity contribution in [2.24, 2.45) is 0 Å². The van der Waals surface area contributed by atoms with Crippen LogP contribution in [0.3, 0.4) is 0 Å². The molecule has 0 bridgehead atoms. The van der Waals surface area contributed by atoms with Crippen LogP contribution in [0.25, 0.3) is 0 Å². The van der Waals surface area contributed by atoms with Crippen molar-refractivity contribution in [3.8, 4) is 0 Å². The van der Waals surface area contributed by atoms with E-state index in [1.165, 1.54) is 36.0 Å². The second-order valence-electron chi connectivity index (χ2n) is 9.09. The van der Waals surface area contributed by atoms with E-state index in [2.05, 4.69) is 65.1 Å². The third kappa shape index (κ3) is 7.81. The number of rotatable bonds is 9. The molecule has 24 heavy (non-hydrogen) atoms. The predicted molar refractivity (Wildman–Crippen MR) is 106 cm³/mol. The Morgan fingerprint density at radius 3 is 1.75 bits per heavy atom. The fraction of sp³-hybridized carbons (Fsp3) is 0.727. The van der Waals surface area contributed by atoms with Gasteiger partial charge in [0.2, 0.25) is 0 Å². The summed E-state index contributed by atoms with van der Waals surface area (Å²) < 4.78 is 0. The molecule has 0 saturated carbocycles. The van der Waals surface area contributed by atoms with Crippen LogP contribution >= 0.6 is 0 Å². The van der Waals surface area contributed by atoms with E-state index in [0.29, 0.717) is 6.61 Å². The number of hydrogen-bond donors (Lipinski definition) is 2. The number of nitrogens with one attached hydrogen (secondary N) is 1. The molecule has 0 fully saturated rings. The maximum Gasteiger partial charge on any atom is 0.0431 e. The van der Waals surface area contributed by atoms with Crippen LogP contribution in [0.2, 0.25) is 0 Å². The zero-order valence-electron chi connectivity index (χ0n) is 16.8. The number of benzene rings is 1. The minimum Gasteiger partial charge on any atom is -0.396 e. The maximum absolute atomic E-state index is 8.78. The monoisotopic (exact) mass is 333 g/mol. The molecule has 0 atom stereocenters. The van der Waals surface area contributed by atoms with Crippen LogP contribution in [0.4, 0.5) is 0 Å². The minimum absolute atomic E-state index is 0.183. The Balaban J connectivity index is 2.58. The van der Waals surface area contributed by atoms with Gasteiger partial charge in [0, 0.05) is 13.2 Å². The van der Waals surface area contributed by atoms with E-state index in [1.807, 2.05) is 0 Å². The van der Waals surface area contributed by atoms with Crippen molar-refractivity contribution in [2.45, 2.75) is 91.0 Å². The van der Waals surface area contributed by atoms with Gasteiger partial charge in [0.1, 0.15) is 0 Å². The van der Waals surface area contributed by atoms with Gasteiger partial charge < -0.3 is 10.4 Å². The third-order valence-corrected chi connectivity index (χ3v) is 4.57. The number of aliphatic hydroxyl groups excluding tert-OH is 1. The van der Waals surface area contributed by atoms with E-state index in [1.54, 1.807) is 0 Å². The lowest BCUT2D eigenvalue weighted by atomic mass is 9.79. The van der Waals surface area contributed by atoms with Crippen LogP contribution in [0.1, 0.15) is 90.3 Å². The standard InChI is InChI=1S/C22H39NO/c1-21(2,3)19-14-18(15-20(16-19)22(4,5)6)17-23-12-10-8-7-9-11-13-24/h14-16,23-24H,7-13,17H2,1-6H3. The molecule has 0 aromatic heterocycles. The quantitative estimate of drug-likeness (QED) is 0.600. The molecule has 0 spiro atoms. The number of hydrogen-bond acceptors (Lipinski definition) is 2. The molecular formula is C22H39NO. The van der Waals surface area contributed by atoms with Gasteiger partial charge in [-0.1, -0.05) is 79.0 Å². The molecule has 1 aromatic rings. The van der Waals surface area contributed by atoms with Gasteiger partial charge in [0.15, 0.2) is 0 Å². The van der Waals surface area contributed by atoms with Gasteiger partial charge in [-0.2, -0.15) is 0 Å². The fourth-order valence-electron chi connectivity index (χ4n) is 2.78. The van der Waals surface area contributed by atoms with Crippen molar-refractivity contribution in [1.82, 2.24) is 5.32 Å². The first-order valence-corrected chi connectivity index (χ1v) is 9.61. The van der Waals surface area contributed by atoms with Gasteiger partial charge in [0.25, 0.3) is 0 Å². The fourth-order valence-corrected chi connectivity index (χ4v) is 2.78. The van der Waals surface area contributed by atoms with Crippen molar-refractivity contribution in [3.05, 3.63) is 34.9 Å². The molecule has 138 valence electrons. The number of aliphatic hydroxyl groups is 1. The molecule has 0 unspecified atom stereocenters. The molecule has 0 aliphatic carbocycles. The van der Waals surface area contributed by atoms with Crippen molar-refractivity contribution < 1.29 is 5.11 Å². The summed E-state index contributed by atoms with van der Waals surface area (Å²) in [5, 5.41) is 12.4. The summed E-state index contributed by atoms with van der Waals surface area (Å²) in [5.41, 5.74) is 4.62. The first-order chi connectivity index (χ1) is 11.1. The minimum atomic E-state index is 0.183. The Hall–Kier alpha value is -0.860. The Bertz CT molecular complexity index is 447. The van der Waals surface area contributed by atoms with E-state index in [-0.39, 0.29) is 10.8 Å². The molecule has 1 rings (SSSR count). The Labute approximate surface area is 150 Å². The lowest BCUT2D eigenvalue weighted by molar-refractivity contribution is 0.282. The summed E-state index contributed by atoms with van der Waals surface area (Å²) in [6.07, 6.45) is 5.80. The van der Waals surface area contributed by atoms with Gasteiger partial charge in [0.05, 0.1) is 0 Å². The van der Waals surface area contributed by atoms with E-state index < -0.39 is 0 Å². The lowest BCUT2D eigenvalue weighted by Crippen LogP contribution is -2.19. The topological polar surface area (TPSA) is 32.3 Å². The molecular weight excluding hydrogens is 294 g/mol. The van der Waals surface area contributed by atoms with Crippen LogP contribution in [0, 0.1) is 0 Å². The van der Waals surface area contributed by atoms with Crippen molar-refractivity contribution >= 4 is 0 Å². The molecule has 0 radical (unpaired) electrons. The van der Waals surface area contributed by atoms with Gasteiger partial charge in [-0.05, 0) is 46.9 Å². The zero-order chi connectivity index (χ0) is 18.2. The third-order valence-electron chi connectivity index (χ3n) is 4.57. The van der Waals surface area contributed by atoms with E-state index in [9.17, 15) is 0 Å². The molecule has 2 nitrogen and oxygen atoms in total. The predicted octanol–water partition coefficient (Wildman–Crippen LogP) is 5.31. The average Bonchev–Trinajstić information content (AvgIpc) is 2.48. The molecule has 2 heteroatoms.